The number of hydrogen-bond donors (Lipinski definition) is 2. The van der Waals surface area contributed by atoms with Crippen molar-refractivity contribution in [2.24, 2.45) is 17.8 Å². The van der Waals surface area contributed by atoms with Crippen LogP contribution in [0.5, 0.6) is 11.5 Å². The average molecular weight is 704 g/mol. The van der Waals surface area contributed by atoms with Crippen LogP contribution in [-0.4, -0.2) is 58.1 Å². The van der Waals surface area contributed by atoms with Crippen LogP contribution >= 0.6 is 11.6 Å². The van der Waals surface area contributed by atoms with Gasteiger partial charge in [0.15, 0.2) is 0 Å². The Morgan fingerprint density at radius 3 is 2.78 bits per heavy atom. The highest BCUT2D eigenvalue weighted by molar-refractivity contribution is 7.99. The Kier molecular flexibility index (Phi) is 8.99. The summed E-state index contributed by atoms with van der Waals surface area (Å²) < 4.78 is 29.1. The van der Waals surface area contributed by atoms with Crippen LogP contribution in [0.25, 0.3) is 0 Å². The number of rotatable bonds is 2. The number of ether oxygens (including phenoxy) is 2. The van der Waals surface area contributed by atoms with Crippen molar-refractivity contribution in [1.29, 1.82) is 0 Å². The molecule has 1 saturated carbocycles. The van der Waals surface area contributed by atoms with Crippen molar-refractivity contribution in [2.45, 2.75) is 68.6 Å². The lowest BCUT2D eigenvalue weighted by Crippen LogP contribution is -2.51. The van der Waals surface area contributed by atoms with Crippen molar-refractivity contribution < 1.29 is 23.6 Å². The Labute approximate surface area is 295 Å². The van der Waals surface area contributed by atoms with Crippen LogP contribution in [-0.2, 0) is 27.1 Å². The number of nitrogens with one attached hydrogen (secondary N) is 1. The molecule has 2 aliphatic heterocycles. The van der Waals surface area contributed by atoms with Crippen LogP contribution in [0.2, 0.25) is 5.02 Å². The fourth-order valence-electron chi connectivity index (χ4n) is 8.52. The predicted octanol–water partition coefficient (Wildman–Crippen LogP) is 6.48. The van der Waals surface area contributed by atoms with Crippen molar-refractivity contribution in [3.8, 4) is 11.5 Å². The molecule has 4 aliphatic rings. The molecule has 3 heterocycles. The maximum atomic E-state index is 13.9. The number of aliphatic hydroxyl groups is 1. The lowest BCUT2D eigenvalue weighted by Gasteiger charge is -2.49. The van der Waals surface area contributed by atoms with Gasteiger partial charge in [0.05, 0.1) is 29.1 Å². The number of allylic oxidation sites excluding steroid dienone is 1. The number of nitrogens with zero attached hydrogens (tertiary/aromatic N) is 2. The smallest absolute Gasteiger partial charge is 0.262 e. The lowest BCUT2D eigenvalue weighted by atomic mass is 9.62. The van der Waals surface area contributed by atoms with Crippen molar-refractivity contribution in [2.75, 3.05) is 31.7 Å². The number of anilines is 1. The van der Waals surface area contributed by atoms with Crippen molar-refractivity contribution in [1.82, 2.24) is 9.71 Å². The zero-order valence-electron chi connectivity index (χ0n) is 28.5. The SMILES string of the molecule is C=S1(=O)NC(=O)c2ccc3c(c2)N(C[C@@H]2CC[C@H]2[C@@](O)(c2cnccc2OC)/C=C/C[C@H](C)[C@H]1C)C[C@@]1(CCCc2cc(Cl)ccc21)CO3. The van der Waals surface area contributed by atoms with E-state index in [1.54, 1.807) is 31.6 Å². The fourth-order valence-corrected chi connectivity index (χ4v) is 10.2. The first kappa shape index (κ1) is 33.9. The second-order valence-corrected chi connectivity index (χ2v) is 17.4. The first-order valence-electron chi connectivity index (χ1n) is 17.3. The van der Waals surface area contributed by atoms with Crippen LogP contribution in [0.15, 0.2) is 67.0 Å². The summed E-state index contributed by atoms with van der Waals surface area (Å²) in [5.41, 5.74) is 2.72. The van der Waals surface area contributed by atoms with E-state index in [1.807, 2.05) is 44.2 Å². The van der Waals surface area contributed by atoms with E-state index in [2.05, 4.69) is 32.6 Å². The van der Waals surface area contributed by atoms with Crippen LogP contribution in [0, 0.1) is 17.8 Å². The van der Waals surface area contributed by atoms with Gasteiger partial charge in [-0.15, -0.1) is 0 Å². The Morgan fingerprint density at radius 2 is 2.00 bits per heavy atom. The molecule has 1 spiro atoms. The van der Waals surface area contributed by atoms with E-state index < -0.39 is 26.5 Å². The van der Waals surface area contributed by atoms with Gasteiger partial charge in [0.1, 0.15) is 17.1 Å². The van der Waals surface area contributed by atoms with Gasteiger partial charge >= 0.3 is 0 Å². The highest BCUT2D eigenvalue weighted by atomic mass is 35.5. The van der Waals surface area contributed by atoms with Gasteiger partial charge in [-0.2, -0.15) is 0 Å². The van der Waals surface area contributed by atoms with E-state index in [1.165, 1.54) is 11.1 Å². The molecule has 7 rings (SSSR count). The van der Waals surface area contributed by atoms with E-state index in [4.69, 9.17) is 21.1 Å². The van der Waals surface area contributed by atoms with Crippen molar-refractivity contribution in [3.63, 3.8) is 0 Å². The van der Waals surface area contributed by atoms with E-state index in [0.717, 1.165) is 42.8 Å². The highest BCUT2D eigenvalue weighted by Crippen LogP contribution is 2.52. The van der Waals surface area contributed by atoms with Gasteiger partial charge in [0.25, 0.3) is 5.91 Å². The van der Waals surface area contributed by atoms with Crippen LogP contribution in [0.3, 0.4) is 0 Å². The third-order valence-corrected chi connectivity index (χ3v) is 14.1. The molecule has 1 aromatic heterocycles. The molecule has 2 aliphatic carbocycles. The molecule has 0 radical (unpaired) electrons. The fraction of sp³-hybridized carbons (Fsp3) is 0.462. The summed E-state index contributed by atoms with van der Waals surface area (Å²) >= 11 is 6.47. The number of amides is 1. The summed E-state index contributed by atoms with van der Waals surface area (Å²) in [7, 11) is -1.40. The van der Waals surface area contributed by atoms with Gasteiger partial charge in [-0.25, -0.2) is 4.21 Å². The number of methoxy groups -OCH3 is 1. The summed E-state index contributed by atoms with van der Waals surface area (Å²) in [5.74, 6) is 4.78. The molecule has 3 aromatic rings. The zero-order chi connectivity index (χ0) is 34.6. The molecule has 1 fully saturated rings. The molecule has 1 amide bonds. The Hall–Kier alpha value is -3.53. The number of pyridine rings is 1. The molecule has 2 N–H and O–H groups in total. The molecule has 260 valence electrons. The van der Waals surface area contributed by atoms with Crippen LogP contribution in [0.4, 0.5) is 5.69 Å². The molecule has 0 saturated heterocycles. The average Bonchev–Trinajstić information content (AvgIpc) is 3.22. The number of fused-ring (bicyclic) bond motifs is 4. The second-order valence-electron chi connectivity index (χ2n) is 14.6. The summed E-state index contributed by atoms with van der Waals surface area (Å²) in [6, 6.07) is 13.5. The number of halogens is 1. The number of aryl methyl sites for hydroxylation is 1. The minimum absolute atomic E-state index is 0.0907. The molecule has 10 heteroatoms. The Bertz CT molecular complexity index is 1900. The Balaban J connectivity index is 1.36. The summed E-state index contributed by atoms with van der Waals surface area (Å²) in [5, 5.41) is 13.1. The molecule has 49 heavy (non-hydrogen) atoms. The number of aromatic nitrogens is 1. The minimum atomic E-state index is -3.02. The number of carbonyl (C=O) groups excluding carboxylic acids is 1. The highest BCUT2D eigenvalue weighted by Gasteiger charge is 2.50. The summed E-state index contributed by atoms with van der Waals surface area (Å²) in [6.45, 7) is 5.67. The van der Waals surface area contributed by atoms with Crippen LogP contribution < -0.4 is 19.1 Å². The van der Waals surface area contributed by atoms with E-state index in [-0.39, 0.29) is 23.2 Å². The van der Waals surface area contributed by atoms with Gasteiger partial charge in [-0.05, 0) is 111 Å². The van der Waals surface area contributed by atoms with Gasteiger partial charge in [-0.3, -0.25) is 14.5 Å². The second kappa shape index (κ2) is 13.0. The van der Waals surface area contributed by atoms with Gasteiger partial charge in [0.2, 0.25) is 0 Å². The van der Waals surface area contributed by atoms with Crippen molar-refractivity contribution in [3.05, 3.63) is 94.3 Å². The number of hydrogen-bond acceptors (Lipinski definition) is 7. The Morgan fingerprint density at radius 1 is 1.16 bits per heavy atom. The normalized spacial score (nSPS) is 33.6. The summed E-state index contributed by atoms with van der Waals surface area (Å²) in [4.78, 5) is 20.5. The monoisotopic (exact) mass is 703 g/mol. The zero-order valence-corrected chi connectivity index (χ0v) is 30.1. The molecule has 7 atom stereocenters. The molecular weight excluding hydrogens is 658 g/mol. The van der Waals surface area contributed by atoms with Gasteiger partial charge < -0.3 is 19.5 Å². The quantitative estimate of drug-likeness (QED) is 0.233. The third-order valence-electron chi connectivity index (χ3n) is 11.7. The largest absolute Gasteiger partial charge is 0.496 e. The van der Waals surface area contributed by atoms with E-state index in [0.29, 0.717) is 48.7 Å². The molecule has 1 unspecified atom stereocenters. The first-order valence-corrected chi connectivity index (χ1v) is 19.5. The maximum absolute atomic E-state index is 13.9. The topological polar surface area (TPSA) is 101 Å². The van der Waals surface area contributed by atoms with E-state index >= 15 is 0 Å². The molecule has 2 bridgehead atoms. The minimum Gasteiger partial charge on any atom is -0.496 e. The number of carbonyl (C=O) groups is 1. The molecule has 2 aromatic carbocycles. The maximum Gasteiger partial charge on any atom is 0.262 e. The first-order chi connectivity index (χ1) is 23.4. The van der Waals surface area contributed by atoms with E-state index in [9.17, 15) is 14.1 Å². The predicted molar refractivity (Wildman–Crippen MR) is 196 cm³/mol. The van der Waals surface area contributed by atoms with Crippen LogP contribution in [0.1, 0.15) is 73.0 Å². The molecular formula is C39H46ClN3O5S. The number of benzene rings is 2. The molecule has 8 nitrogen and oxygen atoms in total. The summed E-state index contributed by atoms with van der Waals surface area (Å²) in [6.07, 6.45) is 12.5. The van der Waals surface area contributed by atoms with Crippen molar-refractivity contribution >= 4 is 38.8 Å². The third kappa shape index (κ3) is 6.12. The lowest BCUT2D eigenvalue weighted by molar-refractivity contribution is -0.0515. The standard InChI is InChI=1S/C39H46ClN3O5S/c1-25-7-5-17-39(45,33-21-41-18-15-35(33)47-3)32-12-9-29(32)22-43-23-38(16-6-8-27-19-30(40)11-13-31(27)38)24-48-36-14-10-28(20-34(36)43)37(44)42-49(4,46)26(25)2/h5,10-11,13-15,17-21,25-26,29,32,45H,4,6-9,12,16,22-24H2,1-3H3,(H,42,44,46)/b17-5+/t25-,26+,29-,32+,38-,39+,49?/m0/s1. The van der Waals surface area contributed by atoms with Gasteiger partial charge in [0, 0.05) is 58.2 Å². The van der Waals surface area contributed by atoms with Gasteiger partial charge in [-0.1, -0.05) is 36.7 Å².